The van der Waals surface area contributed by atoms with Gasteiger partial charge in [-0.3, -0.25) is 4.98 Å². The molecule has 2 aromatic heterocycles. The molecule has 25 heavy (non-hydrogen) atoms. The number of aromatic nitrogens is 2. The van der Waals surface area contributed by atoms with Crippen molar-refractivity contribution >= 4 is 16.9 Å². The van der Waals surface area contributed by atoms with E-state index in [1.807, 2.05) is 41.2 Å². The molecule has 0 spiro atoms. The molecule has 0 aliphatic carbocycles. The van der Waals surface area contributed by atoms with E-state index in [9.17, 15) is 9.90 Å². The first-order chi connectivity index (χ1) is 12.2. The molecular weight excluding hydrogens is 312 g/mol. The molecule has 0 saturated heterocycles. The van der Waals surface area contributed by atoms with Crippen molar-refractivity contribution in [2.75, 3.05) is 0 Å². The van der Waals surface area contributed by atoms with E-state index < -0.39 is 5.97 Å². The molecule has 0 atom stereocenters. The fourth-order valence-corrected chi connectivity index (χ4v) is 3.10. The monoisotopic (exact) mass is 328 g/mol. The molecular formula is C21H16N2O2. The van der Waals surface area contributed by atoms with Crippen molar-refractivity contribution in [3.8, 4) is 11.1 Å². The molecule has 4 heteroatoms. The maximum atomic E-state index is 11.5. The summed E-state index contributed by atoms with van der Waals surface area (Å²) in [7, 11) is 0. The van der Waals surface area contributed by atoms with Gasteiger partial charge in [-0.2, -0.15) is 0 Å². The van der Waals surface area contributed by atoms with Gasteiger partial charge in [0.1, 0.15) is 0 Å². The lowest BCUT2D eigenvalue weighted by Crippen LogP contribution is -2.04. The summed E-state index contributed by atoms with van der Waals surface area (Å²) >= 11 is 0. The van der Waals surface area contributed by atoms with Gasteiger partial charge in [0.15, 0.2) is 0 Å². The Hall–Kier alpha value is -3.40. The van der Waals surface area contributed by atoms with Crippen LogP contribution in [0.25, 0.3) is 22.0 Å². The highest BCUT2D eigenvalue weighted by molar-refractivity contribution is 6.02. The maximum Gasteiger partial charge on any atom is 0.337 e. The Kier molecular flexibility index (Phi) is 3.78. The third-order valence-corrected chi connectivity index (χ3v) is 4.32. The number of carboxylic acid groups (broad SMARTS) is 1. The summed E-state index contributed by atoms with van der Waals surface area (Å²) in [6.07, 6.45) is 5.54. The Bertz CT molecular complexity index is 1030. The van der Waals surface area contributed by atoms with Crippen molar-refractivity contribution in [1.29, 1.82) is 0 Å². The number of rotatable bonds is 4. The second-order valence-electron chi connectivity index (χ2n) is 5.93. The first-order valence-corrected chi connectivity index (χ1v) is 8.03. The summed E-state index contributed by atoms with van der Waals surface area (Å²) in [6.45, 7) is 0.626. The summed E-state index contributed by atoms with van der Waals surface area (Å²) in [6, 6.07) is 19.5. The van der Waals surface area contributed by atoms with Gasteiger partial charge in [-0.15, -0.1) is 0 Å². The highest BCUT2D eigenvalue weighted by Gasteiger charge is 2.12. The third kappa shape index (κ3) is 2.90. The van der Waals surface area contributed by atoms with Gasteiger partial charge >= 0.3 is 5.97 Å². The standard InChI is InChI=1S/C21H16N2O2/c24-21(25)19-5-1-3-17-10-12-23(20(17)19)14-15-6-8-16(9-7-15)18-4-2-11-22-13-18/h1-13H,14H2,(H,24,25). The fraction of sp³-hybridized carbons (Fsp3) is 0.0476. The largest absolute Gasteiger partial charge is 0.478 e. The van der Waals surface area contributed by atoms with Crippen LogP contribution < -0.4 is 0 Å². The molecule has 0 fully saturated rings. The van der Waals surface area contributed by atoms with Gasteiger partial charge in [0.25, 0.3) is 0 Å². The molecule has 0 saturated carbocycles. The van der Waals surface area contributed by atoms with E-state index in [2.05, 4.69) is 29.2 Å². The summed E-state index contributed by atoms with van der Waals surface area (Å²) in [5.41, 5.74) is 4.39. The van der Waals surface area contributed by atoms with Gasteiger partial charge in [0, 0.05) is 30.5 Å². The molecule has 0 aliphatic rings. The minimum atomic E-state index is -0.905. The predicted molar refractivity (Wildman–Crippen MR) is 97.7 cm³/mol. The van der Waals surface area contributed by atoms with Crippen LogP contribution in [0.2, 0.25) is 0 Å². The molecule has 0 radical (unpaired) electrons. The van der Waals surface area contributed by atoms with Crippen LogP contribution in [0.4, 0.5) is 0 Å². The summed E-state index contributed by atoms with van der Waals surface area (Å²) < 4.78 is 1.98. The van der Waals surface area contributed by atoms with Gasteiger partial charge < -0.3 is 9.67 Å². The van der Waals surface area contributed by atoms with Gasteiger partial charge in [-0.1, -0.05) is 42.5 Å². The Balaban J connectivity index is 1.67. The van der Waals surface area contributed by atoms with E-state index in [4.69, 9.17) is 0 Å². The number of hydrogen-bond donors (Lipinski definition) is 1. The van der Waals surface area contributed by atoms with Gasteiger partial charge in [-0.05, 0) is 34.9 Å². The van der Waals surface area contributed by atoms with Gasteiger partial charge in [-0.25, -0.2) is 4.79 Å². The molecule has 2 heterocycles. The molecule has 0 amide bonds. The number of nitrogens with zero attached hydrogens (tertiary/aromatic N) is 2. The first kappa shape index (κ1) is 15.1. The minimum Gasteiger partial charge on any atom is -0.478 e. The first-order valence-electron chi connectivity index (χ1n) is 8.03. The lowest BCUT2D eigenvalue weighted by Gasteiger charge is -2.09. The minimum absolute atomic E-state index is 0.328. The molecule has 1 N–H and O–H groups in total. The molecule has 4 nitrogen and oxygen atoms in total. The van der Waals surface area contributed by atoms with Crippen LogP contribution >= 0.6 is 0 Å². The zero-order valence-electron chi connectivity index (χ0n) is 13.5. The highest BCUT2D eigenvalue weighted by atomic mass is 16.4. The average molecular weight is 328 g/mol. The van der Waals surface area contributed by atoms with Gasteiger partial charge in [0.05, 0.1) is 11.1 Å². The van der Waals surface area contributed by atoms with Crippen molar-refractivity contribution in [3.05, 3.63) is 90.4 Å². The van der Waals surface area contributed by atoms with E-state index in [1.165, 1.54) is 0 Å². The lowest BCUT2D eigenvalue weighted by atomic mass is 10.1. The molecule has 0 unspecified atom stereocenters. The maximum absolute atomic E-state index is 11.5. The quantitative estimate of drug-likeness (QED) is 0.602. The number of fused-ring (bicyclic) bond motifs is 1. The van der Waals surface area contributed by atoms with Crippen molar-refractivity contribution < 1.29 is 9.90 Å². The van der Waals surface area contributed by atoms with E-state index in [1.54, 1.807) is 18.3 Å². The molecule has 122 valence electrons. The Labute approximate surface area is 145 Å². The third-order valence-electron chi connectivity index (χ3n) is 4.32. The van der Waals surface area contributed by atoms with Gasteiger partial charge in [0.2, 0.25) is 0 Å². The molecule has 4 rings (SSSR count). The molecule has 2 aromatic carbocycles. The second kappa shape index (κ2) is 6.24. The van der Waals surface area contributed by atoms with Crippen molar-refractivity contribution in [1.82, 2.24) is 9.55 Å². The van der Waals surface area contributed by atoms with Crippen molar-refractivity contribution in [2.45, 2.75) is 6.54 Å². The Morgan fingerprint density at radius 3 is 2.52 bits per heavy atom. The van der Waals surface area contributed by atoms with Crippen molar-refractivity contribution in [2.24, 2.45) is 0 Å². The number of hydrogen-bond acceptors (Lipinski definition) is 2. The second-order valence-corrected chi connectivity index (χ2v) is 5.93. The number of para-hydroxylation sites is 1. The lowest BCUT2D eigenvalue weighted by molar-refractivity contribution is 0.0698. The van der Waals surface area contributed by atoms with E-state index in [-0.39, 0.29) is 0 Å². The normalized spacial score (nSPS) is 10.9. The van der Waals surface area contributed by atoms with Crippen LogP contribution in [0.3, 0.4) is 0 Å². The SMILES string of the molecule is O=C(O)c1cccc2ccn(Cc3ccc(-c4cccnc4)cc3)c12. The summed E-state index contributed by atoms with van der Waals surface area (Å²) in [5.74, 6) is -0.905. The zero-order chi connectivity index (χ0) is 17.2. The van der Waals surface area contributed by atoms with Crippen LogP contribution in [0, 0.1) is 0 Å². The number of aromatic carboxylic acids is 1. The van der Waals surface area contributed by atoms with Crippen LogP contribution in [0.1, 0.15) is 15.9 Å². The van der Waals surface area contributed by atoms with Crippen LogP contribution in [0.5, 0.6) is 0 Å². The van der Waals surface area contributed by atoms with Crippen LogP contribution in [0.15, 0.2) is 79.3 Å². The van der Waals surface area contributed by atoms with Crippen LogP contribution in [-0.4, -0.2) is 20.6 Å². The fourth-order valence-electron chi connectivity index (χ4n) is 3.10. The molecule has 0 aliphatic heterocycles. The molecule has 0 bridgehead atoms. The number of pyridine rings is 1. The highest BCUT2D eigenvalue weighted by Crippen LogP contribution is 2.23. The zero-order valence-corrected chi connectivity index (χ0v) is 13.5. The topological polar surface area (TPSA) is 55.1 Å². The van der Waals surface area contributed by atoms with Crippen molar-refractivity contribution in [3.63, 3.8) is 0 Å². The number of carbonyl (C=O) groups is 1. The van der Waals surface area contributed by atoms with E-state index >= 15 is 0 Å². The summed E-state index contributed by atoms with van der Waals surface area (Å²) in [4.78, 5) is 15.6. The molecule has 4 aromatic rings. The Morgan fingerprint density at radius 2 is 1.80 bits per heavy atom. The number of benzene rings is 2. The average Bonchev–Trinajstić information content (AvgIpc) is 3.06. The van der Waals surface area contributed by atoms with E-state index in [0.717, 1.165) is 27.6 Å². The Morgan fingerprint density at radius 1 is 0.960 bits per heavy atom. The summed E-state index contributed by atoms with van der Waals surface area (Å²) in [5, 5.41) is 10.4. The smallest absolute Gasteiger partial charge is 0.337 e. The van der Waals surface area contributed by atoms with E-state index in [0.29, 0.717) is 12.1 Å². The number of carboxylic acids is 1. The predicted octanol–water partition coefficient (Wildman–Crippen LogP) is 4.45. The van der Waals surface area contributed by atoms with Crippen LogP contribution in [-0.2, 0) is 6.54 Å².